The summed E-state index contributed by atoms with van der Waals surface area (Å²) < 4.78 is 0. The predicted octanol–water partition coefficient (Wildman–Crippen LogP) is 1.56. The lowest BCUT2D eigenvalue weighted by Crippen LogP contribution is -2.33. The lowest BCUT2D eigenvalue weighted by Gasteiger charge is -2.20. The number of hydrogen-bond acceptors (Lipinski definition) is 4. The molecule has 1 heterocycles. The Morgan fingerprint density at radius 1 is 1.45 bits per heavy atom. The van der Waals surface area contributed by atoms with Crippen molar-refractivity contribution in [2.75, 3.05) is 19.6 Å². The molecule has 1 atom stereocenters. The lowest BCUT2D eigenvalue weighted by atomic mass is 10.1. The zero-order valence-electron chi connectivity index (χ0n) is 12.0. The minimum absolute atomic E-state index is 0.115. The van der Waals surface area contributed by atoms with E-state index in [4.69, 9.17) is 0 Å². The van der Waals surface area contributed by atoms with Gasteiger partial charge in [0, 0.05) is 19.1 Å². The fraction of sp³-hybridized carbons (Fsp3) is 0.533. The van der Waals surface area contributed by atoms with Crippen LogP contribution in [-0.4, -0.2) is 46.7 Å². The fourth-order valence-corrected chi connectivity index (χ4v) is 2.55. The molecule has 0 aromatic heterocycles. The van der Waals surface area contributed by atoms with Crippen molar-refractivity contribution in [2.24, 2.45) is 5.92 Å². The summed E-state index contributed by atoms with van der Waals surface area (Å²) in [5.41, 5.74) is 0.115. The molecule has 1 saturated heterocycles. The van der Waals surface area contributed by atoms with Crippen LogP contribution in [0, 0.1) is 5.92 Å². The Hall–Kier alpha value is -1.75. The molecular weight excluding hydrogens is 256 g/mol. The number of hydrogen-bond donors (Lipinski definition) is 3. The summed E-state index contributed by atoms with van der Waals surface area (Å²) >= 11 is 0. The molecule has 0 aliphatic carbocycles. The molecule has 5 nitrogen and oxygen atoms in total. The molecule has 1 aliphatic heterocycles. The SMILES string of the molecule is CC(C)N1CCC(CNC(=O)c2cccc(O)c2O)C1. The lowest BCUT2D eigenvalue weighted by molar-refractivity contribution is 0.0943. The second-order valence-electron chi connectivity index (χ2n) is 5.63. The monoisotopic (exact) mass is 278 g/mol. The van der Waals surface area contributed by atoms with Gasteiger partial charge in [0.15, 0.2) is 11.5 Å². The molecule has 0 spiro atoms. The van der Waals surface area contributed by atoms with Crippen molar-refractivity contribution < 1.29 is 15.0 Å². The largest absolute Gasteiger partial charge is 0.504 e. The maximum atomic E-state index is 12.0. The van der Waals surface area contributed by atoms with Crippen LogP contribution in [0.3, 0.4) is 0 Å². The maximum Gasteiger partial charge on any atom is 0.255 e. The molecule has 5 heteroatoms. The van der Waals surface area contributed by atoms with Crippen molar-refractivity contribution in [1.82, 2.24) is 10.2 Å². The van der Waals surface area contributed by atoms with Crippen LogP contribution in [0.15, 0.2) is 18.2 Å². The minimum Gasteiger partial charge on any atom is -0.504 e. The molecule has 0 bridgehead atoms. The third-order valence-electron chi connectivity index (χ3n) is 3.86. The Morgan fingerprint density at radius 3 is 2.85 bits per heavy atom. The van der Waals surface area contributed by atoms with Crippen molar-refractivity contribution in [3.05, 3.63) is 23.8 Å². The number of rotatable bonds is 4. The van der Waals surface area contributed by atoms with Gasteiger partial charge in [-0.15, -0.1) is 0 Å². The second-order valence-corrected chi connectivity index (χ2v) is 5.63. The average Bonchev–Trinajstić information content (AvgIpc) is 2.88. The predicted molar refractivity (Wildman–Crippen MR) is 76.9 cm³/mol. The third kappa shape index (κ3) is 3.22. The molecule has 20 heavy (non-hydrogen) atoms. The van der Waals surface area contributed by atoms with E-state index in [1.807, 2.05) is 0 Å². The first kappa shape index (κ1) is 14.7. The maximum absolute atomic E-state index is 12.0. The Morgan fingerprint density at radius 2 is 2.20 bits per heavy atom. The molecule has 2 rings (SSSR count). The molecule has 0 radical (unpaired) electrons. The van der Waals surface area contributed by atoms with Gasteiger partial charge in [0.1, 0.15) is 0 Å². The van der Waals surface area contributed by atoms with Crippen molar-refractivity contribution in [2.45, 2.75) is 26.3 Å². The first-order chi connectivity index (χ1) is 9.49. The number of carbonyl (C=O) groups is 1. The van der Waals surface area contributed by atoms with Crippen LogP contribution in [0.2, 0.25) is 0 Å². The molecule has 1 aromatic rings. The van der Waals surface area contributed by atoms with E-state index in [0.717, 1.165) is 19.5 Å². The van der Waals surface area contributed by atoms with Crippen LogP contribution in [0.25, 0.3) is 0 Å². The highest BCUT2D eigenvalue weighted by Gasteiger charge is 2.24. The molecule has 3 N–H and O–H groups in total. The molecule has 1 amide bonds. The van der Waals surface area contributed by atoms with Crippen molar-refractivity contribution >= 4 is 5.91 Å². The number of nitrogens with one attached hydrogen (secondary N) is 1. The second kappa shape index (κ2) is 6.13. The van der Waals surface area contributed by atoms with Crippen molar-refractivity contribution in [3.63, 3.8) is 0 Å². The molecule has 1 aromatic carbocycles. The van der Waals surface area contributed by atoms with E-state index in [-0.39, 0.29) is 23.0 Å². The molecule has 0 saturated carbocycles. The number of aromatic hydroxyl groups is 2. The Bertz CT molecular complexity index is 488. The van der Waals surface area contributed by atoms with Crippen LogP contribution in [-0.2, 0) is 0 Å². The van der Waals surface area contributed by atoms with Crippen LogP contribution in [0.4, 0.5) is 0 Å². The number of likely N-dealkylation sites (tertiary alicyclic amines) is 1. The van der Waals surface area contributed by atoms with Crippen LogP contribution in [0.5, 0.6) is 11.5 Å². The van der Waals surface area contributed by atoms with Gasteiger partial charge < -0.3 is 20.4 Å². The number of nitrogens with zero attached hydrogens (tertiary/aromatic N) is 1. The van der Waals surface area contributed by atoms with E-state index < -0.39 is 0 Å². The summed E-state index contributed by atoms with van der Waals surface area (Å²) in [5.74, 6) is -0.535. The van der Waals surface area contributed by atoms with Crippen LogP contribution in [0.1, 0.15) is 30.6 Å². The van der Waals surface area contributed by atoms with Gasteiger partial charge in [0.05, 0.1) is 5.56 Å². The minimum atomic E-state index is -0.361. The summed E-state index contributed by atoms with van der Waals surface area (Å²) in [7, 11) is 0. The summed E-state index contributed by atoms with van der Waals surface area (Å²) in [5, 5.41) is 21.9. The van der Waals surface area contributed by atoms with Gasteiger partial charge in [-0.25, -0.2) is 0 Å². The number of carbonyl (C=O) groups excluding carboxylic acids is 1. The standard InChI is InChI=1S/C15H22N2O3/c1-10(2)17-7-6-11(9-17)8-16-15(20)12-4-3-5-13(18)14(12)19/h3-5,10-11,18-19H,6-9H2,1-2H3,(H,16,20). The van der Waals surface area contributed by atoms with Gasteiger partial charge in [-0.1, -0.05) is 6.07 Å². The molecule has 1 fully saturated rings. The topological polar surface area (TPSA) is 72.8 Å². The fourth-order valence-electron chi connectivity index (χ4n) is 2.55. The van der Waals surface area contributed by atoms with Gasteiger partial charge in [-0.3, -0.25) is 4.79 Å². The average molecular weight is 278 g/mol. The quantitative estimate of drug-likeness (QED) is 0.731. The first-order valence-corrected chi connectivity index (χ1v) is 7.02. The van der Waals surface area contributed by atoms with E-state index >= 15 is 0 Å². The number of benzene rings is 1. The highest BCUT2D eigenvalue weighted by atomic mass is 16.3. The number of phenols is 2. The van der Waals surface area contributed by atoms with Gasteiger partial charge in [0.25, 0.3) is 5.91 Å². The summed E-state index contributed by atoms with van der Waals surface area (Å²) in [6, 6.07) is 4.93. The Balaban J connectivity index is 1.89. The van der Waals surface area contributed by atoms with Crippen LogP contribution < -0.4 is 5.32 Å². The normalized spacial score (nSPS) is 19.4. The van der Waals surface area contributed by atoms with E-state index in [1.165, 1.54) is 12.1 Å². The Kier molecular flexibility index (Phi) is 4.49. The van der Waals surface area contributed by atoms with Gasteiger partial charge in [-0.2, -0.15) is 0 Å². The summed E-state index contributed by atoms with van der Waals surface area (Å²) in [4.78, 5) is 14.4. The van der Waals surface area contributed by atoms with Crippen LogP contribution >= 0.6 is 0 Å². The van der Waals surface area contributed by atoms with E-state index in [2.05, 4.69) is 24.1 Å². The third-order valence-corrected chi connectivity index (χ3v) is 3.86. The van der Waals surface area contributed by atoms with Crippen molar-refractivity contribution in [3.8, 4) is 11.5 Å². The zero-order valence-corrected chi connectivity index (χ0v) is 12.0. The highest BCUT2D eigenvalue weighted by molar-refractivity contribution is 5.97. The zero-order chi connectivity index (χ0) is 14.7. The van der Waals surface area contributed by atoms with Gasteiger partial charge >= 0.3 is 0 Å². The highest BCUT2D eigenvalue weighted by Crippen LogP contribution is 2.28. The molecule has 1 aliphatic rings. The summed E-state index contributed by atoms with van der Waals surface area (Å²) in [6.45, 7) is 6.99. The molecular formula is C15H22N2O3. The molecule has 110 valence electrons. The smallest absolute Gasteiger partial charge is 0.255 e. The van der Waals surface area contributed by atoms with Gasteiger partial charge in [-0.05, 0) is 44.9 Å². The number of para-hydroxylation sites is 1. The molecule has 1 unspecified atom stereocenters. The Labute approximate surface area is 119 Å². The van der Waals surface area contributed by atoms with E-state index in [9.17, 15) is 15.0 Å². The number of phenolic OH excluding ortho intramolecular Hbond substituents is 2. The van der Waals surface area contributed by atoms with E-state index in [1.54, 1.807) is 6.07 Å². The van der Waals surface area contributed by atoms with Crippen molar-refractivity contribution in [1.29, 1.82) is 0 Å². The number of amides is 1. The summed E-state index contributed by atoms with van der Waals surface area (Å²) in [6.07, 6.45) is 1.07. The van der Waals surface area contributed by atoms with Gasteiger partial charge in [0.2, 0.25) is 0 Å². The first-order valence-electron chi connectivity index (χ1n) is 7.02. The van der Waals surface area contributed by atoms with E-state index in [0.29, 0.717) is 18.5 Å².